The average molecular weight is 352 g/mol. The summed E-state index contributed by atoms with van der Waals surface area (Å²) in [7, 11) is 0. The highest BCUT2D eigenvalue weighted by atomic mass is 35.5. The molecule has 23 heavy (non-hydrogen) atoms. The third-order valence-electron chi connectivity index (χ3n) is 3.93. The molecule has 0 aliphatic carbocycles. The van der Waals surface area contributed by atoms with E-state index < -0.39 is 28.5 Å². The Hall–Kier alpha value is -1.47. The maximum atomic E-state index is 12.9. The van der Waals surface area contributed by atoms with E-state index in [1.165, 1.54) is 11.0 Å². The Bertz CT molecular complexity index is 584. The van der Waals surface area contributed by atoms with Gasteiger partial charge in [0, 0.05) is 13.1 Å². The molecule has 0 radical (unpaired) electrons. The van der Waals surface area contributed by atoms with Crippen LogP contribution < -0.4 is 0 Å². The quantitative estimate of drug-likeness (QED) is 0.881. The van der Waals surface area contributed by atoms with E-state index in [4.69, 9.17) is 16.3 Å². The topological polar surface area (TPSA) is 49.8 Å². The molecule has 0 atom stereocenters. The Kier molecular flexibility index (Phi) is 5.10. The van der Waals surface area contributed by atoms with Gasteiger partial charge in [0.05, 0.1) is 22.8 Å². The van der Waals surface area contributed by atoms with E-state index in [1.807, 2.05) is 0 Å². The molecule has 1 aliphatic heterocycles. The first kappa shape index (κ1) is 17.9. The lowest BCUT2D eigenvalue weighted by molar-refractivity contribution is -0.137. The van der Waals surface area contributed by atoms with Crippen LogP contribution in [0.25, 0.3) is 0 Å². The summed E-state index contributed by atoms with van der Waals surface area (Å²) in [5.74, 6) is 0. The molecule has 1 amide bonds. The number of amides is 1. The van der Waals surface area contributed by atoms with E-state index in [0.717, 1.165) is 12.1 Å². The van der Waals surface area contributed by atoms with Crippen LogP contribution in [0.1, 0.15) is 30.9 Å². The first-order valence-corrected chi connectivity index (χ1v) is 7.56. The minimum absolute atomic E-state index is 0.130. The van der Waals surface area contributed by atoms with Crippen molar-refractivity contribution in [2.75, 3.05) is 19.7 Å². The van der Waals surface area contributed by atoms with Crippen LogP contribution in [-0.4, -0.2) is 35.8 Å². The van der Waals surface area contributed by atoms with Crippen molar-refractivity contribution < 1.29 is 27.8 Å². The van der Waals surface area contributed by atoms with E-state index in [2.05, 4.69) is 0 Å². The number of halogens is 4. The van der Waals surface area contributed by atoms with Gasteiger partial charge in [-0.25, -0.2) is 4.79 Å². The second kappa shape index (κ2) is 6.57. The fraction of sp³-hybridized carbons (Fsp3) is 0.533. The molecule has 1 saturated heterocycles. The smallest absolute Gasteiger partial charge is 0.417 e. The lowest BCUT2D eigenvalue weighted by atomic mass is 9.84. The molecule has 0 spiro atoms. The van der Waals surface area contributed by atoms with Crippen LogP contribution in [0, 0.1) is 0 Å². The second-order valence-electron chi connectivity index (χ2n) is 5.41. The zero-order valence-corrected chi connectivity index (χ0v) is 13.2. The Labute approximate surface area is 136 Å². The minimum Gasteiger partial charge on any atom is -0.450 e. The Morgan fingerprint density at radius 3 is 2.52 bits per heavy atom. The van der Waals surface area contributed by atoms with Crippen LogP contribution in [0.4, 0.5) is 18.0 Å². The van der Waals surface area contributed by atoms with Crippen molar-refractivity contribution in [3.05, 3.63) is 34.3 Å². The molecule has 1 aromatic carbocycles. The molecule has 4 nitrogen and oxygen atoms in total. The average Bonchev–Trinajstić information content (AvgIpc) is 2.47. The highest BCUT2D eigenvalue weighted by Gasteiger charge is 2.39. The number of aliphatic hydroxyl groups is 1. The molecular formula is C15H17ClF3NO3. The largest absolute Gasteiger partial charge is 0.450 e. The molecule has 2 rings (SSSR count). The van der Waals surface area contributed by atoms with Crippen molar-refractivity contribution in [2.45, 2.75) is 31.5 Å². The molecule has 8 heteroatoms. The Morgan fingerprint density at radius 1 is 1.39 bits per heavy atom. The summed E-state index contributed by atoms with van der Waals surface area (Å²) >= 11 is 5.59. The fourth-order valence-corrected chi connectivity index (χ4v) is 2.82. The van der Waals surface area contributed by atoms with Gasteiger partial charge in [-0.05, 0) is 37.5 Å². The second-order valence-corrected chi connectivity index (χ2v) is 5.82. The van der Waals surface area contributed by atoms with Crippen molar-refractivity contribution in [1.29, 1.82) is 0 Å². The molecule has 0 unspecified atom stereocenters. The number of nitrogens with zero attached hydrogens (tertiary/aromatic N) is 1. The van der Waals surface area contributed by atoms with Crippen LogP contribution in [0.15, 0.2) is 18.2 Å². The van der Waals surface area contributed by atoms with Gasteiger partial charge in [0.2, 0.25) is 0 Å². The Balaban J connectivity index is 2.18. The lowest BCUT2D eigenvalue weighted by Crippen LogP contribution is -2.45. The van der Waals surface area contributed by atoms with E-state index in [9.17, 15) is 23.1 Å². The number of carbonyl (C=O) groups is 1. The van der Waals surface area contributed by atoms with E-state index >= 15 is 0 Å². The number of alkyl halides is 3. The first-order chi connectivity index (χ1) is 10.7. The fourth-order valence-electron chi connectivity index (χ4n) is 2.59. The van der Waals surface area contributed by atoms with Gasteiger partial charge in [-0.3, -0.25) is 0 Å². The molecule has 0 saturated carbocycles. The van der Waals surface area contributed by atoms with Gasteiger partial charge in [-0.1, -0.05) is 17.7 Å². The van der Waals surface area contributed by atoms with Crippen molar-refractivity contribution in [2.24, 2.45) is 0 Å². The molecule has 128 valence electrons. The predicted octanol–water partition coefficient (Wildman–Crippen LogP) is 3.80. The zero-order valence-electron chi connectivity index (χ0n) is 12.5. The molecule has 1 aliphatic rings. The zero-order chi connectivity index (χ0) is 17.3. The van der Waals surface area contributed by atoms with E-state index in [0.29, 0.717) is 0 Å². The molecule has 0 bridgehead atoms. The number of ether oxygens (including phenoxy) is 1. The SMILES string of the molecule is CCOC(=O)N1CCC(O)(c2ccc(Cl)c(C(F)(F)F)c2)CC1. The summed E-state index contributed by atoms with van der Waals surface area (Å²) in [6.45, 7) is 2.34. The summed E-state index contributed by atoms with van der Waals surface area (Å²) < 4.78 is 43.7. The van der Waals surface area contributed by atoms with E-state index in [1.54, 1.807) is 6.92 Å². The van der Waals surface area contributed by atoms with Crippen molar-refractivity contribution in [1.82, 2.24) is 4.90 Å². The van der Waals surface area contributed by atoms with Crippen LogP contribution in [0.5, 0.6) is 0 Å². The number of likely N-dealkylation sites (tertiary alicyclic amines) is 1. The lowest BCUT2D eigenvalue weighted by Gasteiger charge is -2.38. The number of rotatable bonds is 2. The van der Waals surface area contributed by atoms with Gasteiger partial charge in [-0.15, -0.1) is 0 Å². The molecule has 1 aromatic rings. The van der Waals surface area contributed by atoms with Gasteiger partial charge in [0.1, 0.15) is 0 Å². The number of benzene rings is 1. The van der Waals surface area contributed by atoms with E-state index in [-0.39, 0.29) is 38.1 Å². The third kappa shape index (κ3) is 3.90. The standard InChI is InChI=1S/C15H17ClF3NO3/c1-2-23-13(21)20-7-5-14(22,6-8-20)10-3-4-12(16)11(9-10)15(17,18)19/h3-4,9,22H,2,5-8H2,1H3. The summed E-state index contributed by atoms with van der Waals surface area (Å²) in [4.78, 5) is 13.1. The van der Waals surface area contributed by atoms with Crippen LogP contribution in [0.2, 0.25) is 5.02 Å². The highest BCUT2D eigenvalue weighted by molar-refractivity contribution is 6.31. The minimum atomic E-state index is -4.59. The highest BCUT2D eigenvalue weighted by Crippen LogP contribution is 2.39. The summed E-state index contributed by atoms with van der Waals surface area (Å²) in [6, 6.07) is 3.40. The number of hydrogen-bond donors (Lipinski definition) is 1. The van der Waals surface area contributed by atoms with Gasteiger partial charge < -0.3 is 14.7 Å². The molecule has 1 fully saturated rings. The third-order valence-corrected chi connectivity index (χ3v) is 4.26. The van der Waals surface area contributed by atoms with Gasteiger partial charge in [-0.2, -0.15) is 13.2 Å². The number of piperidine rings is 1. The van der Waals surface area contributed by atoms with Gasteiger partial charge in [0.25, 0.3) is 0 Å². The van der Waals surface area contributed by atoms with Crippen molar-refractivity contribution in [3.8, 4) is 0 Å². The molecule has 0 aromatic heterocycles. The van der Waals surface area contributed by atoms with Gasteiger partial charge in [0.15, 0.2) is 0 Å². The van der Waals surface area contributed by atoms with Gasteiger partial charge >= 0.3 is 12.3 Å². The van der Waals surface area contributed by atoms with Crippen LogP contribution in [0.3, 0.4) is 0 Å². The Morgan fingerprint density at radius 2 is 2.00 bits per heavy atom. The monoisotopic (exact) mass is 351 g/mol. The van der Waals surface area contributed by atoms with Crippen LogP contribution in [-0.2, 0) is 16.5 Å². The molecule has 1 N–H and O–H groups in total. The summed E-state index contributed by atoms with van der Waals surface area (Å²) in [6.07, 6.45) is -4.81. The van der Waals surface area contributed by atoms with Crippen LogP contribution >= 0.6 is 11.6 Å². The summed E-state index contributed by atoms with van der Waals surface area (Å²) in [5, 5.41) is 10.3. The predicted molar refractivity (Wildman–Crippen MR) is 78.2 cm³/mol. The normalized spacial score (nSPS) is 17.9. The first-order valence-electron chi connectivity index (χ1n) is 7.18. The number of carbonyl (C=O) groups excluding carboxylic acids is 1. The number of hydrogen-bond acceptors (Lipinski definition) is 3. The molecule has 1 heterocycles. The van der Waals surface area contributed by atoms with Crippen molar-refractivity contribution in [3.63, 3.8) is 0 Å². The molecular weight excluding hydrogens is 335 g/mol. The maximum Gasteiger partial charge on any atom is 0.417 e. The van der Waals surface area contributed by atoms with Crippen molar-refractivity contribution >= 4 is 17.7 Å². The summed E-state index contributed by atoms with van der Waals surface area (Å²) in [5.41, 5.74) is -2.25. The maximum absolute atomic E-state index is 12.9.